The van der Waals surface area contributed by atoms with Crippen LogP contribution in [0.1, 0.15) is 39.4 Å². The molecule has 0 spiro atoms. The molecule has 2 amide bonds. The number of hydrogen-bond donors (Lipinski definition) is 2. The quantitative estimate of drug-likeness (QED) is 0.345. The zero-order valence-corrected chi connectivity index (χ0v) is 20.9. The molecule has 3 aromatic rings. The van der Waals surface area contributed by atoms with Crippen molar-refractivity contribution < 1.29 is 23.9 Å². The first kappa shape index (κ1) is 25.6. The Morgan fingerprint density at radius 3 is 2.41 bits per heavy atom. The van der Waals surface area contributed by atoms with Gasteiger partial charge in [-0.1, -0.05) is 41.4 Å². The largest absolute Gasteiger partial charge is 0.479 e. The lowest BCUT2D eigenvalue weighted by Gasteiger charge is -2.15. The van der Waals surface area contributed by atoms with Gasteiger partial charge >= 0.3 is 5.97 Å². The fourth-order valence-electron chi connectivity index (χ4n) is 3.00. The van der Waals surface area contributed by atoms with Crippen molar-refractivity contribution in [3.63, 3.8) is 0 Å². The maximum Gasteiger partial charge on any atom is 0.341 e. The van der Waals surface area contributed by atoms with Crippen LogP contribution >= 0.6 is 34.5 Å². The number of benzene rings is 2. The summed E-state index contributed by atoms with van der Waals surface area (Å²) in [5, 5.41) is 6.35. The molecule has 0 saturated carbocycles. The second-order valence-corrected chi connectivity index (χ2v) is 8.99. The number of halogens is 2. The molecule has 1 atom stereocenters. The van der Waals surface area contributed by atoms with E-state index in [0.29, 0.717) is 16.3 Å². The molecule has 34 heavy (non-hydrogen) atoms. The standard InChI is InChI=1S/C24H22Cl2N2O5S/c1-4-32-24(31)19-13(2)20(22(30)27-16-8-6-5-7-9-16)34-23(19)28-21(29)14(3)33-18-11-10-15(25)12-17(18)26/h5-12,14H,4H2,1-3H3,(H,27,30)(H,28,29). The number of amides is 2. The van der Waals surface area contributed by atoms with Crippen molar-refractivity contribution in [3.8, 4) is 5.75 Å². The van der Waals surface area contributed by atoms with E-state index in [1.807, 2.05) is 6.07 Å². The van der Waals surface area contributed by atoms with Gasteiger partial charge in [0.25, 0.3) is 11.8 Å². The van der Waals surface area contributed by atoms with Gasteiger partial charge < -0.3 is 20.1 Å². The molecule has 0 saturated heterocycles. The SMILES string of the molecule is CCOC(=O)c1c(NC(=O)C(C)Oc2ccc(Cl)cc2Cl)sc(C(=O)Nc2ccccc2)c1C. The van der Waals surface area contributed by atoms with Crippen LogP contribution in [0, 0.1) is 6.92 Å². The smallest absolute Gasteiger partial charge is 0.341 e. The molecule has 0 bridgehead atoms. The van der Waals surface area contributed by atoms with Crippen molar-refractivity contribution in [3.05, 3.63) is 74.6 Å². The molecule has 0 fully saturated rings. The highest BCUT2D eigenvalue weighted by Gasteiger charge is 2.28. The monoisotopic (exact) mass is 520 g/mol. The first-order valence-corrected chi connectivity index (χ1v) is 11.9. The van der Waals surface area contributed by atoms with Gasteiger partial charge in [0.05, 0.1) is 22.1 Å². The van der Waals surface area contributed by atoms with Gasteiger partial charge in [0.2, 0.25) is 0 Å². The number of hydrogen-bond acceptors (Lipinski definition) is 6. The third kappa shape index (κ3) is 6.08. The molecule has 0 aliphatic heterocycles. The minimum Gasteiger partial charge on any atom is -0.479 e. The molecular formula is C24H22Cl2N2O5S. The molecule has 10 heteroatoms. The minimum absolute atomic E-state index is 0.120. The number of esters is 1. The van der Waals surface area contributed by atoms with Crippen LogP contribution in [-0.2, 0) is 9.53 Å². The van der Waals surface area contributed by atoms with Crippen LogP contribution in [-0.4, -0.2) is 30.5 Å². The molecule has 2 aromatic carbocycles. The van der Waals surface area contributed by atoms with Crippen molar-refractivity contribution >= 4 is 63.0 Å². The van der Waals surface area contributed by atoms with Crippen LogP contribution in [0.4, 0.5) is 10.7 Å². The fraction of sp³-hybridized carbons (Fsp3) is 0.208. The van der Waals surface area contributed by atoms with E-state index in [2.05, 4.69) is 10.6 Å². The molecule has 3 rings (SSSR count). The van der Waals surface area contributed by atoms with Crippen molar-refractivity contribution in [1.82, 2.24) is 0 Å². The van der Waals surface area contributed by atoms with Crippen LogP contribution in [0.5, 0.6) is 5.75 Å². The number of rotatable bonds is 8. The summed E-state index contributed by atoms with van der Waals surface area (Å²) >= 11 is 13.0. The Morgan fingerprint density at radius 2 is 1.76 bits per heavy atom. The van der Waals surface area contributed by atoms with E-state index >= 15 is 0 Å². The van der Waals surface area contributed by atoms with Gasteiger partial charge in [0.15, 0.2) is 6.10 Å². The predicted octanol–water partition coefficient (Wildman–Crippen LogP) is 6.20. The fourth-order valence-corrected chi connectivity index (χ4v) is 4.55. The van der Waals surface area contributed by atoms with E-state index in [9.17, 15) is 14.4 Å². The average molecular weight is 521 g/mol. The number of ether oxygens (including phenoxy) is 2. The minimum atomic E-state index is -0.960. The maximum absolute atomic E-state index is 12.9. The molecule has 178 valence electrons. The summed E-state index contributed by atoms with van der Waals surface area (Å²) in [6.45, 7) is 4.98. The Morgan fingerprint density at radius 1 is 1.06 bits per heavy atom. The highest BCUT2D eigenvalue weighted by molar-refractivity contribution is 7.19. The second-order valence-electron chi connectivity index (χ2n) is 7.13. The van der Waals surface area contributed by atoms with Gasteiger partial charge in [-0.25, -0.2) is 4.79 Å². The summed E-state index contributed by atoms with van der Waals surface area (Å²) in [7, 11) is 0. The van der Waals surface area contributed by atoms with Gasteiger partial charge in [-0.15, -0.1) is 11.3 Å². The molecule has 2 N–H and O–H groups in total. The predicted molar refractivity (Wildman–Crippen MR) is 135 cm³/mol. The Hall–Kier alpha value is -3.07. The maximum atomic E-state index is 12.9. The van der Waals surface area contributed by atoms with Crippen molar-refractivity contribution in [2.45, 2.75) is 26.9 Å². The Kier molecular flexibility index (Phi) is 8.55. The number of thiophene rings is 1. The van der Waals surface area contributed by atoms with Gasteiger partial charge in [-0.3, -0.25) is 9.59 Å². The van der Waals surface area contributed by atoms with Crippen LogP contribution in [0.3, 0.4) is 0 Å². The van der Waals surface area contributed by atoms with Gasteiger partial charge in [0.1, 0.15) is 10.8 Å². The summed E-state index contributed by atoms with van der Waals surface area (Å²) < 4.78 is 10.8. The normalized spacial score (nSPS) is 11.4. The molecule has 1 aromatic heterocycles. The number of nitrogens with one attached hydrogen (secondary N) is 2. The second kappa shape index (κ2) is 11.4. The van der Waals surface area contributed by atoms with Gasteiger partial charge in [-0.05, 0) is 56.7 Å². The third-order valence-electron chi connectivity index (χ3n) is 4.67. The molecule has 0 aliphatic carbocycles. The van der Waals surface area contributed by atoms with Crippen molar-refractivity contribution in [1.29, 1.82) is 0 Å². The van der Waals surface area contributed by atoms with E-state index in [0.717, 1.165) is 11.3 Å². The van der Waals surface area contributed by atoms with E-state index in [-0.39, 0.29) is 32.8 Å². The van der Waals surface area contributed by atoms with Gasteiger partial charge in [-0.2, -0.15) is 0 Å². The zero-order chi connectivity index (χ0) is 24.8. The summed E-state index contributed by atoms with van der Waals surface area (Å²) in [5.74, 6) is -1.30. The topological polar surface area (TPSA) is 93.7 Å². The number of anilines is 2. The number of para-hydroxylation sites is 1. The molecule has 7 nitrogen and oxygen atoms in total. The van der Waals surface area contributed by atoms with Crippen LogP contribution < -0.4 is 15.4 Å². The number of carbonyl (C=O) groups excluding carboxylic acids is 3. The molecule has 0 aliphatic rings. The Bertz CT molecular complexity index is 1210. The summed E-state index contributed by atoms with van der Waals surface area (Å²) in [6, 6.07) is 13.6. The molecule has 1 unspecified atom stereocenters. The summed E-state index contributed by atoms with van der Waals surface area (Å²) in [4.78, 5) is 38.7. The highest BCUT2D eigenvalue weighted by atomic mass is 35.5. The van der Waals surface area contributed by atoms with Crippen molar-refractivity contribution in [2.24, 2.45) is 0 Å². The Balaban J connectivity index is 1.85. The van der Waals surface area contributed by atoms with Crippen LogP contribution in [0.25, 0.3) is 0 Å². The van der Waals surface area contributed by atoms with E-state index in [1.54, 1.807) is 50.2 Å². The molecule has 0 radical (unpaired) electrons. The lowest BCUT2D eigenvalue weighted by atomic mass is 10.1. The average Bonchev–Trinajstić information content (AvgIpc) is 3.12. The first-order chi connectivity index (χ1) is 16.2. The molecular weight excluding hydrogens is 499 g/mol. The van der Waals surface area contributed by atoms with Gasteiger partial charge in [0, 0.05) is 10.7 Å². The van der Waals surface area contributed by atoms with E-state index in [4.69, 9.17) is 32.7 Å². The summed E-state index contributed by atoms with van der Waals surface area (Å²) in [6.07, 6.45) is -0.960. The Labute approximate surface area is 211 Å². The zero-order valence-electron chi connectivity index (χ0n) is 18.6. The van der Waals surface area contributed by atoms with Crippen LogP contribution in [0.2, 0.25) is 10.0 Å². The number of carbonyl (C=O) groups is 3. The summed E-state index contributed by atoms with van der Waals surface area (Å²) in [5.41, 5.74) is 1.13. The third-order valence-corrected chi connectivity index (χ3v) is 6.40. The van der Waals surface area contributed by atoms with E-state index in [1.165, 1.54) is 13.0 Å². The van der Waals surface area contributed by atoms with Crippen LogP contribution in [0.15, 0.2) is 48.5 Å². The molecule has 1 heterocycles. The lowest BCUT2D eigenvalue weighted by molar-refractivity contribution is -0.122. The van der Waals surface area contributed by atoms with E-state index < -0.39 is 23.9 Å². The van der Waals surface area contributed by atoms with Crippen molar-refractivity contribution in [2.75, 3.05) is 17.2 Å². The highest BCUT2D eigenvalue weighted by Crippen LogP contribution is 2.35. The lowest BCUT2D eigenvalue weighted by Crippen LogP contribution is -2.30. The first-order valence-electron chi connectivity index (χ1n) is 10.3.